The summed E-state index contributed by atoms with van der Waals surface area (Å²) < 4.78 is 6.33. The molecule has 1 saturated carbocycles. The molecule has 2 fully saturated rings. The Balaban J connectivity index is 1.60. The molecule has 0 aromatic carbocycles. The van der Waals surface area contributed by atoms with Crippen molar-refractivity contribution in [3.05, 3.63) is 11.9 Å². The summed E-state index contributed by atoms with van der Waals surface area (Å²) in [5, 5.41) is 7.62. The Kier molecular flexibility index (Phi) is 2.99. The van der Waals surface area contributed by atoms with E-state index >= 15 is 0 Å². The Morgan fingerprint density at radius 2 is 2.10 bits per heavy atom. The van der Waals surface area contributed by atoms with E-state index in [4.69, 9.17) is 4.74 Å². The van der Waals surface area contributed by atoms with E-state index < -0.39 is 0 Å². The molecule has 1 aromatic heterocycles. The number of esters is 1. The minimum atomic E-state index is -0.112. The second-order valence-electron chi connectivity index (χ2n) is 5.71. The SMILES string of the molecule is COC(=O)[C@@H]1CC12CCN(C(=O)c1cn(C)nn1)CC2. The van der Waals surface area contributed by atoms with Crippen LogP contribution < -0.4 is 0 Å². The highest BCUT2D eigenvalue weighted by molar-refractivity contribution is 5.92. The quantitative estimate of drug-likeness (QED) is 0.724. The number of piperidine rings is 1. The van der Waals surface area contributed by atoms with Gasteiger partial charge >= 0.3 is 5.97 Å². The second-order valence-corrected chi connectivity index (χ2v) is 5.71. The molecule has 0 radical (unpaired) electrons. The molecule has 1 aliphatic carbocycles. The van der Waals surface area contributed by atoms with Gasteiger partial charge in [-0.05, 0) is 24.7 Å². The summed E-state index contributed by atoms with van der Waals surface area (Å²) in [7, 11) is 3.17. The van der Waals surface area contributed by atoms with Gasteiger partial charge in [0, 0.05) is 20.1 Å². The van der Waals surface area contributed by atoms with Crippen molar-refractivity contribution in [2.75, 3.05) is 20.2 Å². The van der Waals surface area contributed by atoms with Gasteiger partial charge in [-0.25, -0.2) is 0 Å². The van der Waals surface area contributed by atoms with Crippen LogP contribution in [0.4, 0.5) is 0 Å². The lowest BCUT2D eigenvalue weighted by Crippen LogP contribution is -2.40. The number of ether oxygens (including phenoxy) is 1. The van der Waals surface area contributed by atoms with Gasteiger partial charge < -0.3 is 9.64 Å². The predicted molar refractivity (Wildman–Crippen MR) is 68.7 cm³/mol. The van der Waals surface area contributed by atoms with Crippen LogP contribution in [0, 0.1) is 11.3 Å². The van der Waals surface area contributed by atoms with Gasteiger partial charge in [0.15, 0.2) is 5.69 Å². The first kappa shape index (κ1) is 13.1. The number of likely N-dealkylation sites (tertiary alicyclic amines) is 1. The first-order valence-electron chi connectivity index (χ1n) is 6.79. The van der Waals surface area contributed by atoms with Crippen molar-refractivity contribution >= 4 is 11.9 Å². The number of carbonyl (C=O) groups excluding carboxylic acids is 2. The van der Waals surface area contributed by atoms with Crippen LogP contribution in [-0.2, 0) is 16.6 Å². The smallest absolute Gasteiger partial charge is 0.309 e. The maximum atomic E-state index is 12.2. The zero-order chi connectivity index (χ0) is 14.3. The molecule has 0 unspecified atom stereocenters. The number of aryl methyl sites for hydroxylation is 1. The van der Waals surface area contributed by atoms with E-state index in [1.165, 1.54) is 11.8 Å². The molecule has 1 atom stereocenters. The molecule has 1 aromatic rings. The third-order valence-corrected chi connectivity index (χ3v) is 4.54. The summed E-state index contributed by atoms with van der Waals surface area (Å²) in [4.78, 5) is 25.6. The van der Waals surface area contributed by atoms with Crippen LogP contribution in [0.25, 0.3) is 0 Å². The van der Waals surface area contributed by atoms with Crippen LogP contribution in [0.2, 0.25) is 0 Å². The summed E-state index contributed by atoms with van der Waals surface area (Å²) in [6.45, 7) is 1.34. The first-order chi connectivity index (χ1) is 9.55. The molecule has 1 aliphatic heterocycles. The normalized spacial score (nSPS) is 23.7. The third kappa shape index (κ3) is 2.07. The van der Waals surface area contributed by atoms with Crippen LogP contribution in [-0.4, -0.2) is 52.0 Å². The fourth-order valence-electron chi connectivity index (χ4n) is 3.14. The van der Waals surface area contributed by atoms with Crippen LogP contribution in [0.1, 0.15) is 29.8 Å². The van der Waals surface area contributed by atoms with Crippen molar-refractivity contribution in [1.82, 2.24) is 19.9 Å². The van der Waals surface area contributed by atoms with E-state index in [0.717, 1.165) is 19.3 Å². The third-order valence-electron chi connectivity index (χ3n) is 4.54. The number of rotatable bonds is 2. The van der Waals surface area contributed by atoms with Gasteiger partial charge in [-0.1, -0.05) is 5.21 Å². The van der Waals surface area contributed by atoms with Gasteiger partial charge in [0.2, 0.25) is 0 Å². The van der Waals surface area contributed by atoms with Gasteiger partial charge in [-0.15, -0.1) is 5.10 Å². The van der Waals surface area contributed by atoms with Gasteiger partial charge in [0.05, 0.1) is 19.2 Å². The maximum Gasteiger partial charge on any atom is 0.309 e. The lowest BCUT2D eigenvalue weighted by molar-refractivity contribution is -0.143. The van der Waals surface area contributed by atoms with Crippen molar-refractivity contribution < 1.29 is 14.3 Å². The molecule has 7 nitrogen and oxygen atoms in total. The molecule has 1 amide bonds. The molecule has 3 rings (SSSR count). The van der Waals surface area contributed by atoms with Crippen molar-refractivity contribution in [1.29, 1.82) is 0 Å². The van der Waals surface area contributed by atoms with E-state index in [2.05, 4.69) is 10.3 Å². The summed E-state index contributed by atoms with van der Waals surface area (Å²) in [5.41, 5.74) is 0.454. The van der Waals surface area contributed by atoms with E-state index in [-0.39, 0.29) is 23.2 Å². The molecular weight excluding hydrogens is 260 g/mol. The van der Waals surface area contributed by atoms with Crippen LogP contribution in [0.3, 0.4) is 0 Å². The zero-order valence-electron chi connectivity index (χ0n) is 11.7. The Labute approximate surface area is 116 Å². The van der Waals surface area contributed by atoms with Gasteiger partial charge in [-0.3, -0.25) is 14.3 Å². The predicted octanol–water partition coefficient (Wildman–Crippen LogP) is 0.230. The molecule has 0 bridgehead atoms. The molecule has 2 heterocycles. The van der Waals surface area contributed by atoms with E-state index in [0.29, 0.717) is 18.8 Å². The molecule has 7 heteroatoms. The van der Waals surface area contributed by atoms with E-state index in [1.54, 1.807) is 18.1 Å². The number of methoxy groups -OCH3 is 1. The second kappa shape index (κ2) is 4.57. The molecule has 0 N–H and O–H groups in total. The number of amides is 1. The van der Waals surface area contributed by atoms with E-state index in [9.17, 15) is 9.59 Å². The Hall–Kier alpha value is -1.92. The summed E-state index contributed by atoms with van der Waals surface area (Å²) in [5.74, 6) is -0.164. The minimum absolute atomic E-state index is 0.0290. The van der Waals surface area contributed by atoms with Crippen molar-refractivity contribution in [3.8, 4) is 0 Å². The lowest BCUT2D eigenvalue weighted by atomic mass is 9.90. The highest BCUT2D eigenvalue weighted by atomic mass is 16.5. The molecule has 2 aliphatic rings. The van der Waals surface area contributed by atoms with Gasteiger partial charge in [-0.2, -0.15) is 0 Å². The number of nitrogens with zero attached hydrogens (tertiary/aromatic N) is 4. The fraction of sp³-hybridized carbons (Fsp3) is 0.692. The van der Waals surface area contributed by atoms with Crippen LogP contribution in [0.15, 0.2) is 6.20 Å². The molecule has 108 valence electrons. The average molecular weight is 278 g/mol. The summed E-state index contributed by atoms with van der Waals surface area (Å²) in [6, 6.07) is 0. The van der Waals surface area contributed by atoms with Gasteiger partial charge in [0.1, 0.15) is 0 Å². The monoisotopic (exact) mass is 278 g/mol. The number of hydrogen-bond acceptors (Lipinski definition) is 5. The topological polar surface area (TPSA) is 77.3 Å². The van der Waals surface area contributed by atoms with Crippen molar-refractivity contribution in [3.63, 3.8) is 0 Å². The first-order valence-corrected chi connectivity index (χ1v) is 6.79. The standard InChI is InChI=1S/C13H18N4O3/c1-16-8-10(14-15-16)11(18)17-5-3-13(4-6-17)7-9(13)12(19)20-2/h8-9H,3-7H2,1-2H3/t9-/m0/s1. The maximum absolute atomic E-state index is 12.2. The lowest BCUT2D eigenvalue weighted by Gasteiger charge is -2.32. The fourth-order valence-corrected chi connectivity index (χ4v) is 3.14. The number of hydrogen-bond donors (Lipinski definition) is 0. The van der Waals surface area contributed by atoms with E-state index in [1.807, 2.05) is 0 Å². The van der Waals surface area contributed by atoms with Crippen LogP contribution in [0.5, 0.6) is 0 Å². The van der Waals surface area contributed by atoms with Crippen molar-refractivity contribution in [2.24, 2.45) is 18.4 Å². The minimum Gasteiger partial charge on any atom is -0.469 e. The summed E-state index contributed by atoms with van der Waals surface area (Å²) >= 11 is 0. The Bertz CT molecular complexity index is 546. The van der Waals surface area contributed by atoms with Crippen molar-refractivity contribution in [2.45, 2.75) is 19.3 Å². The number of aromatic nitrogens is 3. The largest absolute Gasteiger partial charge is 0.469 e. The Morgan fingerprint density at radius 1 is 1.40 bits per heavy atom. The van der Waals surface area contributed by atoms with Gasteiger partial charge in [0.25, 0.3) is 5.91 Å². The Morgan fingerprint density at radius 3 is 2.65 bits per heavy atom. The van der Waals surface area contributed by atoms with Crippen LogP contribution >= 0.6 is 0 Å². The highest BCUT2D eigenvalue weighted by Gasteiger charge is 2.59. The summed E-state index contributed by atoms with van der Waals surface area (Å²) in [6.07, 6.45) is 4.24. The molecule has 1 spiro atoms. The highest BCUT2D eigenvalue weighted by Crippen LogP contribution is 2.59. The molecular formula is C13H18N4O3. The number of carbonyl (C=O) groups is 2. The molecule has 1 saturated heterocycles. The average Bonchev–Trinajstić information content (AvgIpc) is 2.97. The molecule has 20 heavy (non-hydrogen) atoms. The zero-order valence-corrected chi connectivity index (χ0v) is 11.7.